The molecule has 0 saturated heterocycles. The molecule has 0 aliphatic carbocycles. The Bertz CT molecular complexity index is 446. The molecule has 0 radical (unpaired) electrons. The molecular formula is C12H12N4. The normalized spacial score (nSPS) is 10.3. The number of nitrogens with one attached hydrogen (secondary N) is 1. The second kappa shape index (κ2) is 7.07. The van der Waals surface area contributed by atoms with E-state index in [0.29, 0.717) is 0 Å². The molecule has 0 fully saturated rings. The fraction of sp³-hybridized carbons (Fsp3) is 0.167. The second-order valence-electron chi connectivity index (χ2n) is 2.95. The number of hydrogen-bond acceptors (Lipinski definition) is 3. The van der Waals surface area contributed by atoms with Gasteiger partial charge in [-0.3, -0.25) is 0 Å². The smallest absolute Gasteiger partial charge is 0.159 e. The molecule has 0 bridgehead atoms. The van der Waals surface area contributed by atoms with Crippen LogP contribution in [0.5, 0.6) is 0 Å². The van der Waals surface area contributed by atoms with Crippen LogP contribution < -0.4 is 0 Å². The number of rotatable bonds is 4. The van der Waals surface area contributed by atoms with Crippen LogP contribution in [0.25, 0.3) is 0 Å². The average Bonchev–Trinajstić information content (AvgIpc) is 2.33. The molecule has 4 heteroatoms. The van der Waals surface area contributed by atoms with E-state index in [4.69, 9.17) is 5.53 Å². The van der Waals surface area contributed by atoms with Gasteiger partial charge in [-0.25, -0.2) is 5.53 Å². The monoisotopic (exact) mass is 212 g/mol. The molecular weight excluding hydrogens is 200 g/mol. The molecule has 0 aliphatic rings. The Morgan fingerprint density at radius 2 is 2.00 bits per heavy atom. The number of benzene rings is 1. The molecule has 1 aromatic carbocycles. The third-order valence-corrected chi connectivity index (χ3v) is 1.83. The highest BCUT2D eigenvalue weighted by atomic mass is 15.2. The first-order valence-electron chi connectivity index (χ1n) is 4.77. The topological polar surface area (TPSA) is 60.9 Å². The van der Waals surface area contributed by atoms with Gasteiger partial charge in [0, 0.05) is 6.42 Å². The van der Waals surface area contributed by atoms with Gasteiger partial charge in [-0.05, 0) is 18.1 Å². The Morgan fingerprint density at radius 1 is 1.25 bits per heavy atom. The van der Waals surface area contributed by atoms with Crippen molar-refractivity contribution >= 4 is 12.6 Å². The predicted octanol–water partition coefficient (Wildman–Crippen LogP) is 2.65. The molecule has 0 aliphatic heterocycles. The van der Waals surface area contributed by atoms with E-state index < -0.39 is 0 Å². The summed E-state index contributed by atoms with van der Waals surface area (Å²) < 4.78 is 0. The lowest BCUT2D eigenvalue weighted by molar-refractivity contribution is 1.17. The van der Waals surface area contributed by atoms with Crippen molar-refractivity contribution in [3.63, 3.8) is 0 Å². The minimum absolute atomic E-state index is 0.768. The minimum atomic E-state index is 0.768. The highest BCUT2D eigenvalue weighted by molar-refractivity contribution is 5.79. The van der Waals surface area contributed by atoms with Crippen molar-refractivity contribution in [2.75, 3.05) is 0 Å². The maximum absolute atomic E-state index is 6.47. The molecule has 80 valence electrons. The lowest BCUT2D eigenvalue weighted by Gasteiger charge is -1.95. The van der Waals surface area contributed by atoms with Gasteiger partial charge in [0.05, 0.1) is 6.21 Å². The van der Waals surface area contributed by atoms with E-state index in [-0.39, 0.29) is 0 Å². The Balaban J connectivity index is 2.62. The van der Waals surface area contributed by atoms with Crippen LogP contribution in [0.4, 0.5) is 0 Å². The molecule has 0 aromatic heterocycles. The van der Waals surface area contributed by atoms with Gasteiger partial charge >= 0.3 is 0 Å². The largest absolute Gasteiger partial charge is 0.203 e. The van der Waals surface area contributed by atoms with Gasteiger partial charge in [0.1, 0.15) is 0 Å². The summed E-state index contributed by atoms with van der Waals surface area (Å²) in [5, 5.41) is 10.2. The number of hydrogen-bond donors (Lipinski definition) is 1. The van der Waals surface area contributed by atoms with Crippen LogP contribution in [-0.4, -0.2) is 12.6 Å². The van der Waals surface area contributed by atoms with E-state index >= 15 is 0 Å². The van der Waals surface area contributed by atoms with Crippen molar-refractivity contribution in [3.05, 3.63) is 35.4 Å². The average molecular weight is 212 g/mol. The van der Waals surface area contributed by atoms with Gasteiger partial charge < -0.3 is 0 Å². The molecule has 1 aromatic rings. The summed E-state index contributed by atoms with van der Waals surface area (Å²) >= 11 is 0. The van der Waals surface area contributed by atoms with Crippen LogP contribution in [0.3, 0.4) is 0 Å². The van der Waals surface area contributed by atoms with Gasteiger partial charge in [0.25, 0.3) is 0 Å². The minimum Gasteiger partial charge on any atom is -0.203 e. The summed E-state index contributed by atoms with van der Waals surface area (Å²) in [6, 6.07) is 7.90. The summed E-state index contributed by atoms with van der Waals surface area (Å²) in [5.41, 5.74) is 8.60. The van der Waals surface area contributed by atoms with Crippen molar-refractivity contribution in [2.24, 2.45) is 15.3 Å². The summed E-state index contributed by atoms with van der Waals surface area (Å²) in [4.78, 5) is 0. The molecule has 16 heavy (non-hydrogen) atoms. The first-order chi connectivity index (χ1) is 7.86. The highest BCUT2D eigenvalue weighted by Gasteiger charge is 1.90. The predicted molar refractivity (Wildman–Crippen MR) is 64.8 cm³/mol. The van der Waals surface area contributed by atoms with E-state index in [1.807, 2.05) is 31.2 Å². The van der Waals surface area contributed by atoms with Crippen LogP contribution in [0.1, 0.15) is 18.1 Å². The van der Waals surface area contributed by atoms with Crippen molar-refractivity contribution in [1.29, 1.82) is 5.53 Å². The zero-order valence-corrected chi connectivity index (χ0v) is 9.01. The second-order valence-corrected chi connectivity index (χ2v) is 2.95. The molecule has 1 rings (SSSR count). The van der Waals surface area contributed by atoms with E-state index in [1.54, 1.807) is 6.21 Å². The Kier molecular flexibility index (Phi) is 5.21. The summed E-state index contributed by atoms with van der Waals surface area (Å²) in [6.07, 6.45) is 3.45. The molecule has 0 saturated carbocycles. The van der Waals surface area contributed by atoms with Gasteiger partial charge in [-0.2, -0.15) is 5.10 Å². The van der Waals surface area contributed by atoms with E-state index in [0.717, 1.165) is 18.3 Å². The Morgan fingerprint density at radius 3 is 2.62 bits per heavy atom. The third kappa shape index (κ3) is 4.29. The lowest BCUT2D eigenvalue weighted by atomic mass is 10.1. The number of nitrogens with zero attached hydrogens (tertiary/aromatic N) is 3. The van der Waals surface area contributed by atoms with Crippen LogP contribution in [-0.2, 0) is 6.42 Å². The quantitative estimate of drug-likeness (QED) is 0.262. The standard InChI is InChI=1S/C12H12N4/c1-2-3-4-11-5-7-12(8-6-11)9-15-16-10-14-13/h5-10,13H,4H2,1H3. The first-order valence-corrected chi connectivity index (χ1v) is 4.77. The molecule has 0 amide bonds. The van der Waals surface area contributed by atoms with E-state index in [9.17, 15) is 0 Å². The molecule has 0 spiro atoms. The highest BCUT2D eigenvalue weighted by Crippen LogP contribution is 2.02. The maximum Gasteiger partial charge on any atom is 0.159 e. The summed E-state index contributed by atoms with van der Waals surface area (Å²) in [7, 11) is 0. The van der Waals surface area contributed by atoms with E-state index in [1.165, 1.54) is 5.56 Å². The van der Waals surface area contributed by atoms with Crippen molar-refractivity contribution in [3.8, 4) is 11.8 Å². The van der Waals surface area contributed by atoms with Crippen molar-refractivity contribution in [2.45, 2.75) is 13.3 Å². The van der Waals surface area contributed by atoms with Crippen molar-refractivity contribution in [1.82, 2.24) is 0 Å². The Hall–Kier alpha value is -2.28. The molecule has 1 N–H and O–H groups in total. The molecule has 4 nitrogen and oxygen atoms in total. The fourth-order valence-corrected chi connectivity index (χ4v) is 1.07. The zero-order chi connectivity index (χ0) is 11.6. The molecule has 0 unspecified atom stereocenters. The zero-order valence-electron chi connectivity index (χ0n) is 9.01. The van der Waals surface area contributed by atoms with Crippen LogP contribution >= 0.6 is 0 Å². The third-order valence-electron chi connectivity index (χ3n) is 1.83. The molecule has 0 heterocycles. The molecule has 0 atom stereocenters. The van der Waals surface area contributed by atoms with E-state index in [2.05, 4.69) is 27.2 Å². The van der Waals surface area contributed by atoms with Crippen LogP contribution in [0, 0.1) is 17.4 Å². The van der Waals surface area contributed by atoms with Crippen LogP contribution in [0.2, 0.25) is 0 Å². The Labute approximate surface area is 94.6 Å². The SMILES string of the molecule is CC#CCc1ccc(C=NN=CN=N)cc1. The van der Waals surface area contributed by atoms with Gasteiger partial charge in [-0.15, -0.1) is 16.1 Å². The van der Waals surface area contributed by atoms with Gasteiger partial charge in [0.2, 0.25) is 0 Å². The first kappa shape index (κ1) is 11.8. The maximum atomic E-state index is 6.47. The lowest BCUT2D eigenvalue weighted by Crippen LogP contribution is -1.84. The summed E-state index contributed by atoms with van der Waals surface area (Å²) in [6.45, 7) is 1.83. The van der Waals surface area contributed by atoms with Gasteiger partial charge in [-0.1, -0.05) is 30.2 Å². The van der Waals surface area contributed by atoms with Crippen LogP contribution in [0.15, 0.2) is 39.6 Å². The van der Waals surface area contributed by atoms with Gasteiger partial charge in [0.15, 0.2) is 6.34 Å². The fourth-order valence-electron chi connectivity index (χ4n) is 1.07. The van der Waals surface area contributed by atoms with Crippen molar-refractivity contribution < 1.29 is 0 Å². The summed E-state index contributed by atoms with van der Waals surface area (Å²) in [5.74, 6) is 5.86.